The molecular weight excluding hydrogens is 310 g/mol. The van der Waals surface area contributed by atoms with Crippen molar-refractivity contribution in [2.24, 2.45) is 0 Å². The normalized spacial score (nSPS) is 11.9. The number of amides is 1. The van der Waals surface area contributed by atoms with Crippen LogP contribution in [0.15, 0.2) is 36.4 Å². The molecular formula is C18H17NO5. The van der Waals surface area contributed by atoms with Crippen LogP contribution in [0.1, 0.15) is 22.8 Å². The number of ether oxygens (including phenoxy) is 3. The molecule has 0 radical (unpaired) electrons. The van der Waals surface area contributed by atoms with Crippen LogP contribution in [-0.2, 0) is 11.2 Å². The van der Waals surface area contributed by atoms with Gasteiger partial charge in [0, 0.05) is 11.6 Å². The number of hydrogen-bond donors (Lipinski definition) is 1. The molecule has 124 valence electrons. The minimum Gasteiger partial charge on any atom is -0.497 e. The molecule has 1 heterocycles. The third-order valence-corrected chi connectivity index (χ3v) is 3.66. The largest absolute Gasteiger partial charge is 0.497 e. The predicted octanol–water partition coefficient (Wildman–Crippen LogP) is 2.81. The molecule has 0 spiro atoms. The molecule has 1 aliphatic rings. The first-order valence-corrected chi connectivity index (χ1v) is 7.44. The number of Topliss-reactive ketones (excluding diaryl/α,β-unsaturated/α-hetero) is 1. The van der Waals surface area contributed by atoms with E-state index >= 15 is 0 Å². The first-order chi connectivity index (χ1) is 11.6. The highest BCUT2D eigenvalue weighted by Gasteiger charge is 2.20. The van der Waals surface area contributed by atoms with Crippen LogP contribution in [0.5, 0.6) is 17.2 Å². The smallest absolute Gasteiger partial charge is 0.231 e. The van der Waals surface area contributed by atoms with Crippen molar-refractivity contribution < 1.29 is 23.8 Å². The minimum atomic E-state index is -0.232. The Morgan fingerprint density at radius 1 is 1.17 bits per heavy atom. The molecule has 0 bridgehead atoms. The maximum absolute atomic E-state index is 12.3. The van der Waals surface area contributed by atoms with Gasteiger partial charge in [0.25, 0.3) is 0 Å². The molecule has 2 aromatic rings. The summed E-state index contributed by atoms with van der Waals surface area (Å²) in [6.45, 7) is 1.54. The Labute approximate surface area is 139 Å². The lowest BCUT2D eigenvalue weighted by Crippen LogP contribution is -2.16. The Kier molecular flexibility index (Phi) is 4.37. The highest BCUT2D eigenvalue weighted by Crippen LogP contribution is 2.37. The first kappa shape index (κ1) is 15.9. The summed E-state index contributed by atoms with van der Waals surface area (Å²) < 4.78 is 15.7. The molecule has 1 amide bonds. The fourth-order valence-corrected chi connectivity index (χ4v) is 2.50. The second kappa shape index (κ2) is 6.62. The molecule has 0 aromatic heterocycles. The van der Waals surface area contributed by atoms with E-state index in [-0.39, 0.29) is 24.9 Å². The number of rotatable bonds is 5. The third kappa shape index (κ3) is 3.32. The van der Waals surface area contributed by atoms with Crippen molar-refractivity contribution in [2.45, 2.75) is 13.3 Å². The van der Waals surface area contributed by atoms with Gasteiger partial charge in [-0.3, -0.25) is 9.59 Å². The van der Waals surface area contributed by atoms with Gasteiger partial charge >= 0.3 is 0 Å². The molecule has 6 heteroatoms. The van der Waals surface area contributed by atoms with Gasteiger partial charge in [-0.2, -0.15) is 0 Å². The van der Waals surface area contributed by atoms with E-state index in [0.717, 1.165) is 5.56 Å². The quantitative estimate of drug-likeness (QED) is 0.855. The summed E-state index contributed by atoms with van der Waals surface area (Å²) in [7, 11) is 1.57. The predicted molar refractivity (Wildman–Crippen MR) is 87.9 cm³/mol. The van der Waals surface area contributed by atoms with Crippen LogP contribution in [0.4, 0.5) is 5.69 Å². The maximum atomic E-state index is 12.3. The lowest BCUT2D eigenvalue weighted by Gasteiger charge is -2.11. The molecule has 1 aliphatic heterocycles. The first-order valence-electron chi connectivity index (χ1n) is 7.44. The van der Waals surface area contributed by atoms with E-state index in [0.29, 0.717) is 28.5 Å². The fraction of sp³-hybridized carbons (Fsp3) is 0.222. The van der Waals surface area contributed by atoms with Crippen LogP contribution < -0.4 is 19.5 Å². The number of hydrogen-bond acceptors (Lipinski definition) is 5. The molecule has 0 saturated carbocycles. The number of benzene rings is 2. The zero-order valence-corrected chi connectivity index (χ0v) is 13.4. The van der Waals surface area contributed by atoms with Crippen LogP contribution in [0.25, 0.3) is 0 Å². The second-order valence-corrected chi connectivity index (χ2v) is 5.38. The monoisotopic (exact) mass is 327 g/mol. The van der Waals surface area contributed by atoms with Gasteiger partial charge in [0.2, 0.25) is 12.7 Å². The van der Waals surface area contributed by atoms with Gasteiger partial charge in [-0.1, -0.05) is 12.1 Å². The van der Waals surface area contributed by atoms with Crippen molar-refractivity contribution in [3.05, 3.63) is 47.5 Å². The number of ketones is 1. The Bertz CT molecular complexity index is 800. The van der Waals surface area contributed by atoms with E-state index in [1.807, 2.05) is 18.2 Å². The minimum absolute atomic E-state index is 0.105. The molecule has 1 N–H and O–H groups in total. The van der Waals surface area contributed by atoms with Crippen molar-refractivity contribution in [1.29, 1.82) is 0 Å². The van der Waals surface area contributed by atoms with Crippen LogP contribution in [0.2, 0.25) is 0 Å². The van der Waals surface area contributed by atoms with Crippen LogP contribution in [0, 0.1) is 0 Å². The van der Waals surface area contributed by atoms with Crippen molar-refractivity contribution in [3.8, 4) is 17.2 Å². The summed E-state index contributed by atoms with van der Waals surface area (Å²) >= 11 is 0. The topological polar surface area (TPSA) is 73.9 Å². The van der Waals surface area contributed by atoms with E-state index < -0.39 is 0 Å². The van der Waals surface area contributed by atoms with Crippen molar-refractivity contribution in [3.63, 3.8) is 0 Å². The molecule has 2 aromatic carbocycles. The Morgan fingerprint density at radius 2 is 1.92 bits per heavy atom. The summed E-state index contributed by atoms with van der Waals surface area (Å²) in [5.74, 6) is 1.31. The number of anilines is 1. The number of carbonyl (C=O) groups is 2. The molecule has 0 unspecified atom stereocenters. The van der Waals surface area contributed by atoms with E-state index in [1.54, 1.807) is 25.3 Å². The molecule has 6 nitrogen and oxygen atoms in total. The van der Waals surface area contributed by atoms with Crippen molar-refractivity contribution in [1.82, 2.24) is 0 Å². The van der Waals surface area contributed by atoms with Crippen molar-refractivity contribution in [2.75, 3.05) is 19.2 Å². The Hall–Kier alpha value is -3.02. The highest BCUT2D eigenvalue weighted by atomic mass is 16.7. The van der Waals surface area contributed by atoms with Crippen LogP contribution >= 0.6 is 0 Å². The van der Waals surface area contributed by atoms with Gasteiger partial charge < -0.3 is 19.5 Å². The SMILES string of the molecule is COc1cccc(CC(=O)Nc2cc3c(cc2C(C)=O)OCO3)c1. The van der Waals surface area contributed by atoms with Gasteiger partial charge in [0.1, 0.15) is 5.75 Å². The molecule has 0 fully saturated rings. The van der Waals surface area contributed by atoms with E-state index in [4.69, 9.17) is 14.2 Å². The molecule has 0 saturated heterocycles. The lowest BCUT2D eigenvalue weighted by atomic mass is 10.1. The Balaban J connectivity index is 1.79. The zero-order chi connectivity index (χ0) is 17.1. The van der Waals surface area contributed by atoms with Crippen LogP contribution in [-0.4, -0.2) is 25.6 Å². The molecule has 0 atom stereocenters. The third-order valence-electron chi connectivity index (χ3n) is 3.66. The van der Waals surface area contributed by atoms with Crippen molar-refractivity contribution >= 4 is 17.4 Å². The van der Waals surface area contributed by atoms with E-state index in [1.165, 1.54) is 6.92 Å². The fourth-order valence-electron chi connectivity index (χ4n) is 2.50. The number of methoxy groups -OCH3 is 1. The van der Waals surface area contributed by atoms with Gasteiger partial charge in [0.05, 0.1) is 19.2 Å². The lowest BCUT2D eigenvalue weighted by molar-refractivity contribution is -0.115. The van der Waals surface area contributed by atoms with Gasteiger partial charge in [-0.05, 0) is 30.7 Å². The summed E-state index contributed by atoms with van der Waals surface area (Å²) in [6.07, 6.45) is 0.170. The summed E-state index contributed by atoms with van der Waals surface area (Å²) in [4.78, 5) is 24.1. The molecule has 0 aliphatic carbocycles. The highest BCUT2D eigenvalue weighted by molar-refractivity contribution is 6.05. The standard InChI is InChI=1S/C18H17NO5/c1-11(20)14-8-16-17(24-10-23-16)9-15(14)19-18(21)7-12-4-3-5-13(6-12)22-2/h3-6,8-9H,7,10H2,1-2H3,(H,19,21). The average molecular weight is 327 g/mol. The maximum Gasteiger partial charge on any atom is 0.231 e. The number of carbonyl (C=O) groups excluding carboxylic acids is 2. The van der Waals surface area contributed by atoms with E-state index in [2.05, 4.69) is 5.32 Å². The number of fused-ring (bicyclic) bond motifs is 1. The zero-order valence-electron chi connectivity index (χ0n) is 13.4. The van der Waals surface area contributed by atoms with Gasteiger partial charge in [-0.25, -0.2) is 0 Å². The summed E-state index contributed by atoms with van der Waals surface area (Å²) in [5, 5.41) is 2.77. The second-order valence-electron chi connectivity index (χ2n) is 5.38. The summed E-state index contributed by atoms with van der Waals surface area (Å²) in [5.41, 5.74) is 1.62. The molecule has 3 rings (SSSR count). The Morgan fingerprint density at radius 3 is 2.62 bits per heavy atom. The van der Waals surface area contributed by atoms with Crippen LogP contribution in [0.3, 0.4) is 0 Å². The summed E-state index contributed by atoms with van der Waals surface area (Å²) in [6, 6.07) is 10.5. The average Bonchev–Trinajstić information content (AvgIpc) is 3.01. The van der Waals surface area contributed by atoms with Gasteiger partial charge in [0.15, 0.2) is 17.3 Å². The number of nitrogens with one attached hydrogen (secondary N) is 1. The molecule has 24 heavy (non-hydrogen) atoms. The van der Waals surface area contributed by atoms with Gasteiger partial charge in [-0.15, -0.1) is 0 Å². The van der Waals surface area contributed by atoms with E-state index in [9.17, 15) is 9.59 Å².